The van der Waals surface area contributed by atoms with E-state index in [1.807, 2.05) is 0 Å². The van der Waals surface area contributed by atoms with Crippen molar-refractivity contribution in [2.45, 2.75) is 33.1 Å². The van der Waals surface area contributed by atoms with Gasteiger partial charge in [-0.3, -0.25) is 4.79 Å². The first-order chi connectivity index (χ1) is 7.03. The number of carboxylic acid groups (broad SMARTS) is 1. The smallest absolute Gasteiger partial charge is 0.303 e. The zero-order valence-electron chi connectivity index (χ0n) is 9.57. The van der Waals surface area contributed by atoms with Crippen LogP contribution in [0.25, 0.3) is 0 Å². The maximum Gasteiger partial charge on any atom is 0.303 e. The number of nitrogens with two attached hydrogens (primary N) is 1. The van der Waals surface area contributed by atoms with Gasteiger partial charge in [-0.25, -0.2) is 0 Å². The molecular formula is C12H21NO2. The van der Waals surface area contributed by atoms with Gasteiger partial charge in [-0.15, -0.1) is 0 Å². The third-order valence-electron chi connectivity index (χ3n) is 5.34. The fraction of sp³-hybridized carbons (Fsp3) is 0.917. The van der Waals surface area contributed by atoms with E-state index in [9.17, 15) is 4.79 Å². The highest BCUT2D eigenvalue weighted by molar-refractivity contribution is 5.68. The van der Waals surface area contributed by atoms with Crippen LogP contribution in [0.3, 0.4) is 0 Å². The van der Waals surface area contributed by atoms with Gasteiger partial charge in [0, 0.05) is 0 Å². The number of fused-ring (bicyclic) bond motifs is 1. The SMILES string of the molecule is C[C@@H]1[C@H]2CCC2[C@H](C)C1(CN)CC(=O)O. The van der Waals surface area contributed by atoms with Gasteiger partial charge in [0.2, 0.25) is 0 Å². The second-order valence-corrected chi connectivity index (χ2v) is 5.49. The van der Waals surface area contributed by atoms with E-state index >= 15 is 0 Å². The first-order valence-electron chi connectivity index (χ1n) is 5.95. The van der Waals surface area contributed by atoms with E-state index in [2.05, 4.69) is 13.8 Å². The van der Waals surface area contributed by atoms with Crippen LogP contribution in [0.15, 0.2) is 0 Å². The molecule has 3 N–H and O–H groups in total. The van der Waals surface area contributed by atoms with Crippen molar-refractivity contribution in [3.63, 3.8) is 0 Å². The molecule has 0 aromatic heterocycles. The topological polar surface area (TPSA) is 63.3 Å². The van der Waals surface area contributed by atoms with Crippen LogP contribution in [0, 0.1) is 29.1 Å². The molecule has 2 aliphatic carbocycles. The second-order valence-electron chi connectivity index (χ2n) is 5.49. The number of hydrogen-bond acceptors (Lipinski definition) is 2. The zero-order chi connectivity index (χ0) is 11.2. The van der Waals surface area contributed by atoms with Crippen molar-refractivity contribution >= 4 is 5.97 Å². The molecule has 0 amide bonds. The van der Waals surface area contributed by atoms with Crippen molar-refractivity contribution in [2.24, 2.45) is 34.8 Å². The molecular weight excluding hydrogens is 190 g/mol. The van der Waals surface area contributed by atoms with Crippen molar-refractivity contribution in [2.75, 3.05) is 6.54 Å². The minimum atomic E-state index is -0.694. The summed E-state index contributed by atoms with van der Waals surface area (Å²) in [5.41, 5.74) is 5.75. The molecule has 0 radical (unpaired) electrons. The van der Waals surface area contributed by atoms with Crippen LogP contribution in [0.2, 0.25) is 0 Å². The van der Waals surface area contributed by atoms with E-state index in [-0.39, 0.29) is 11.8 Å². The third-order valence-corrected chi connectivity index (χ3v) is 5.34. The van der Waals surface area contributed by atoms with E-state index in [0.717, 1.165) is 11.8 Å². The highest BCUT2D eigenvalue weighted by Gasteiger charge is 2.59. The van der Waals surface area contributed by atoms with E-state index in [4.69, 9.17) is 10.8 Å². The lowest BCUT2D eigenvalue weighted by Crippen LogP contribution is -2.40. The summed E-state index contributed by atoms with van der Waals surface area (Å²) in [6.07, 6.45) is 2.80. The Balaban J connectivity index is 2.26. The Morgan fingerprint density at radius 1 is 1.33 bits per heavy atom. The summed E-state index contributed by atoms with van der Waals surface area (Å²) in [5, 5.41) is 9.04. The van der Waals surface area contributed by atoms with Crippen molar-refractivity contribution in [3.05, 3.63) is 0 Å². The molecule has 0 heterocycles. The Labute approximate surface area is 91.0 Å². The molecule has 3 nitrogen and oxygen atoms in total. The molecule has 0 aliphatic heterocycles. The third kappa shape index (κ3) is 1.32. The molecule has 86 valence electrons. The number of hydrogen-bond donors (Lipinski definition) is 2. The minimum absolute atomic E-state index is 0.141. The van der Waals surface area contributed by atoms with Crippen LogP contribution in [0.4, 0.5) is 0 Å². The van der Waals surface area contributed by atoms with Gasteiger partial charge >= 0.3 is 5.97 Å². The molecule has 3 heteroatoms. The number of aliphatic carboxylic acids is 1. The number of carbonyl (C=O) groups is 1. The lowest BCUT2D eigenvalue weighted by atomic mass is 9.70. The van der Waals surface area contributed by atoms with Crippen molar-refractivity contribution < 1.29 is 9.90 Å². The Morgan fingerprint density at radius 3 is 2.07 bits per heavy atom. The first kappa shape index (κ1) is 10.9. The van der Waals surface area contributed by atoms with E-state index in [1.54, 1.807) is 0 Å². The van der Waals surface area contributed by atoms with Crippen LogP contribution in [-0.4, -0.2) is 17.6 Å². The molecule has 0 spiro atoms. The Bertz CT molecular complexity index is 261. The maximum absolute atomic E-state index is 11.0. The molecule has 2 aliphatic rings. The van der Waals surface area contributed by atoms with Crippen LogP contribution in [-0.2, 0) is 4.79 Å². The summed E-state index contributed by atoms with van der Waals surface area (Å²) in [6.45, 7) is 4.93. The quantitative estimate of drug-likeness (QED) is 0.747. The average molecular weight is 211 g/mol. The number of rotatable bonds is 3. The lowest BCUT2D eigenvalue weighted by molar-refractivity contribution is -0.141. The molecule has 15 heavy (non-hydrogen) atoms. The molecule has 5 atom stereocenters. The summed E-state index contributed by atoms with van der Waals surface area (Å²) < 4.78 is 0. The highest BCUT2D eigenvalue weighted by atomic mass is 16.4. The van der Waals surface area contributed by atoms with E-state index in [0.29, 0.717) is 18.4 Å². The lowest BCUT2D eigenvalue weighted by Gasteiger charge is -2.35. The van der Waals surface area contributed by atoms with Gasteiger partial charge in [0.1, 0.15) is 0 Å². The molecule has 2 rings (SSSR count). The van der Waals surface area contributed by atoms with E-state index < -0.39 is 5.97 Å². The van der Waals surface area contributed by atoms with Gasteiger partial charge in [0.05, 0.1) is 6.42 Å². The van der Waals surface area contributed by atoms with Gasteiger partial charge in [-0.05, 0) is 48.5 Å². The maximum atomic E-state index is 11.0. The first-order valence-corrected chi connectivity index (χ1v) is 5.95. The van der Waals surface area contributed by atoms with Gasteiger partial charge < -0.3 is 10.8 Å². The summed E-state index contributed by atoms with van der Waals surface area (Å²) in [4.78, 5) is 11.0. The molecule has 2 saturated carbocycles. The van der Waals surface area contributed by atoms with Gasteiger partial charge in [-0.2, -0.15) is 0 Å². The summed E-state index contributed by atoms with van der Waals surface area (Å²) in [6, 6.07) is 0. The Hall–Kier alpha value is -0.570. The fourth-order valence-corrected chi connectivity index (χ4v) is 4.11. The molecule has 0 bridgehead atoms. The van der Waals surface area contributed by atoms with Crippen molar-refractivity contribution in [1.82, 2.24) is 0 Å². The monoisotopic (exact) mass is 211 g/mol. The summed E-state index contributed by atoms with van der Waals surface area (Å²) >= 11 is 0. The van der Waals surface area contributed by atoms with E-state index in [1.165, 1.54) is 12.8 Å². The molecule has 0 aromatic rings. The normalized spacial score (nSPS) is 48.5. The van der Waals surface area contributed by atoms with Crippen molar-refractivity contribution in [1.29, 1.82) is 0 Å². The van der Waals surface area contributed by atoms with Gasteiger partial charge in [0.25, 0.3) is 0 Å². The van der Waals surface area contributed by atoms with Crippen LogP contribution in [0.1, 0.15) is 33.1 Å². The molecule has 0 aromatic carbocycles. The van der Waals surface area contributed by atoms with Crippen LogP contribution >= 0.6 is 0 Å². The van der Waals surface area contributed by atoms with Crippen LogP contribution < -0.4 is 5.73 Å². The Kier molecular flexibility index (Phi) is 2.53. The van der Waals surface area contributed by atoms with Gasteiger partial charge in [0.15, 0.2) is 0 Å². The molecule has 0 saturated heterocycles. The standard InChI is InChI=1S/C12H21NO2/c1-7-9-3-4-10(9)8(2)12(7,6-13)5-11(14)15/h7-10H,3-6,13H2,1-2H3,(H,14,15)/t7-,8+,9-,10?,12?/m1/s1. The average Bonchev–Trinajstić information content (AvgIpc) is 2.22. The molecule has 2 fully saturated rings. The minimum Gasteiger partial charge on any atom is -0.481 e. The summed E-state index contributed by atoms with van der Waals surface area (Å²) in [5.74, 6) is 1.74. The number of carboxylic acids is 1. The predicted octanol–water partition coefficient (Wildman–Crippen LogP) is 1.72. The molecule has 2 unspecified atom stereocenters. The van der Waals surface area contributed by atoms with Crippen molar-refractivity contribution in [3.8, 4) is 0 Å². The van der Waals surface area contributed by atoms with Gasteiger partial charge in [-0.1, -0.05) is 13.8 Å². The second kappa shape index (κ2) is 3.48. The summed E-state index contributed by atoms with van der Waals surface area (Å²) in [7, 11) is 0. The Morgan fingerprint density at radius 2 is 1.80 bits per heavy atom. The highest BCUT2D eigenvalue weighted by Crippen LogP contribution is 2.63. The van der Waals surface area contributed by atoms with Crippen LogP contribution in [0.5, 0.6) is 0 Å². The zero-order valence-corrected chi connectivity index (χ0v) is 9.57. The fourth-order valence-electron chi connectivity index (χ4n) is 4.11. The largest absolute Gasteiger partial charge is 0.481 e. The predicted molar refractivity (Wildman–Crippen MR) is 58.3 cm³/mol.